The van der Waals surface area contributed by atoms with Crippen LogP contribution in [0.25, 0.3) is 10.2 Å². The van der Waals surface area contributed by atoms with Crippen LogP contribution in [0.1, 0.15) is 43.3 Å². The Bertz CT molecular complexity index is 672. The Morgan fingerprint density at radius 3 is 2.81 bits per heavy atom. The third-order valence-electron chi connectivity index (χ3n) is 4.34. The van der Waals surface area contributed by atoms with Crippen molar-refractivity contribution in [1.29, 1.82) is 0 Å². The third-order valence-corrected chi connectivity index (χ3v) is 5.54. The summed E-state index contributed by atoms with van der Waals surface area (Å²) in [7, 11) is 4.19. The van der Waals surface area contributed by atoms with Gasteiger partial charge in [0.05, 0.1) is 16.3 Å². The van der Waals surface area contributed by atoms with E-state index in [1.807, 2.05) is 0 Å². The van der Waals surface area contributed by atoms with Gasteiger partial charge in [0, 0.05) is 12.3 Å². The highest BCUT2D eigenvalue weighted by atomic mass is 32.1. The number of fused-ring (bicyclic) bond motifs is 1. The number of hydrogen-bond donors (Lipinski definition) is 0. The molecule has 2 heterocycles. The Morgan fingerprint density at radius 2 is 2.14 bits per heavy atom. The van der Waals surface area contributed by atoms with Crippen molar-refractivity contribution in [3.8, 4) is 0 Å². The van der Waals surface area contributed by atoms with Crippen molar-refractivity contribution in [2.24, 2.45) is 10.9 Å². The standard InChI is InChI=1S/C17H23N3S/c1-11-5-7-14(18-10-11)13-6-8-16-15(9-13)19-17(21-16)12(2)20(3)4/h6,8-9,11-12H,5,7,10H2,1-4H3/t11-,12?/m0/s1. The zero-order valence-corrected chi connectivity index (χ0v) is 14.1. The van der Waals surface area contributed by atoms with Gasteiger partial charge in [0.2, 0.25) is 0 Å². The summed E-state index contributed by atoms with van der Waals surface area (Å²) in [5.74, 6) is 0.726. The summed E-state index contributed by atoms with van der Waals surface area (Å²) in [6.07, 6.45) is 2.34. The van der Waals surface area contributed by atoms with Gasteiger partial charge in [0.15, 0.2) is 0 Å². The molecule has 0 amide bonds. The van der Waals surface area contributed by atoms with Crippen molar-refractivity contribution in [1.82, 2.24) is 9.88 Å². The van der Waals surface area contributed by atoms with Crippen molar-refractivity contribution in [2.45, 2.75) is 32.7 Å². The Labute approximate surface area is 130 Å². The summed E-state index contributed by atoms with van der Waals surface area (Å²) in [6.45, 7) is 5.44. The van der Waals surface area contributed by atoms with Gasteiger partial charge >= 0.3 is 0 Å². The molecule has 0 N–H and O–H groups in total. The van der Waals surface area contributed by atoms with Crippen LogP contribution in [0.5, 0.6) is 0 Å². The lowest BCUT2D eigenvalue weighted by Gasteiger charge is -2.17. The fourth-order valence-electron chi connectivity index (χ4n) is 2.58. The second-order valence-electron chi connectivity index (χ2n) is 6.31. The van der Waals surface area contributed by atoms with Crippen molar-refractivity contribution < 1.29 is 0 Å². The van der Waals surface area contributed by atoms with E-state index in [1.54, 1.807) is 11.3 Å². The van der Waals surface area contributed by atoms with E-state index in [-0.39, 0.29) is 0 Å². The first kappa shape index (κ1) is 14.7. The smallest absolute Gasteiger partial charge is 0.111 e. The summed E-state index contributed by atoms with van der Waals surface area (Å²) in [6, 6.07) is 6.99. The molecule has 2 aromatic rings. The molecule has 0 radical (unpaired) electrons. The molecule has 3 nitrogen and oxygen atoms in total. The SMILES string of the molecule is CC(c1nc2cc(C3=NC[C@@H](C)CC3)ccc2s1)N(C)C. The monoisotopic (exact) mass is 301 g/mol. The Balaban J connectivity index is 1.93. The average molecular weight is 301 g/mol. The lowest BCUT2D eigenvalue weighted by molar-refractivity contribution is 0.320. The first-order valence-electron chi connectivity index (χ1n) is 7.65. The minimum atomic E-state index is 0.360. The van der Waals surface area contributed by atoms with Gasteiger partial charge in [-0.3, -0.25) is 4.99 Å². The molecule has 4 heteroatoms. The minimum absolute atomic E-state index is 0.360. The van der Waals surface area contributed by atoms with Crippen LogP contribution in [0.2, 0.25) is 0 Å². The van der Waals surface area contributed by atoms with E-state index in [9.17, 15) is 0 Å². The summed E-state index contributed by atoms with van der Waals surface area (Å²) < 4.78 is 1.27. The molecule has 21 heavy (non-hydrogen) atoms. The fourth-order valence-corrected chi connectivity index (χ4v) is 3.68. The lowest BCUT2D eigenvalue weighted by atomic mass is 9.96. The molecule has 1 aromatic carbocycles. The molecule has 3 rings (SSSR count). The predicted molar refractivity (Wildman–Crippen MR) is 91.5 cm³/mol. The molecule has 1 aliphatic heterocycles. The Morgan fingerprint density at radius 1 is 1.33 bits per heavy atom. The number of rotatable bonds is 3. The highest BCUT2D eigenvalue weighted by Gasteiger charge is 2.16. The van der Waals surface area contributed by atoms with Gasteiger partial charge in [0.1, 0.15) is 5.01 Å². The highest BCUT2D eigenvalue weighted by molar-refractivity contribution is 7.18. The molecule has 0 bridgehead atoms. The third kappa shape index (κ3) is 3.01. The zero-order valence-electron chi connectivity index (χ0n) is 13.3. The van der Waals surface area contributed by atoms with Gasteiger partial charge in [-0.25, -0.2) is 4.98 Å². The van der Waals surface area contributed by atoms with Gasteiger partial charge < -0.3 is 4.90 Å². The van der Waals surface area contributed by atoms with Gasteiger partial charge in [-0.2, -0.15) is 0 Å². The van der Waals surface area contributed by atoms with Crippen LogP contribution in [0, 0.1) is 5.92 Å². The van der Waals surface area contributed by atoms with E-state index in [0.717, 1.165) is 24.4 Å². The number of hydrogen-bond acceptors (Lipinski definition) is 4. The van der Waals surface area contributed by atoms with Gasteiger partial charge in [-0.05, 0) is 57.5 Å². The first-order valence-corrected chi connectivity index (χ1v) is 8.47. The summed E-state index contributed by atoms with van der Waals surface area (Å²) >= 11 is 1.80. The molecule has 1 aliphatic rings. The van der Waals surface area contributed by atoms with Crippen LogP contribution in [-0.2, 0) is 0 Å². The molecule has 0 saturated heterocycles. The molecule has 0 aliphatic carbocycles. The summed E-state index contributed by atoms with van der Waals surface area (Å²) in [5.41, 5.74) is 3.62. The van der Waals surface area contributed by atoms with E-state index < -0.39 is 0 Å². The molecule has 2 atom stereocenters. The molecule has 1 unspecified atom stereocenters. The summed E-state index contributed by atoms with van der Waals surface area (Å²) in [4.78, 5) is 11.8. The maximum Gasteiger partial charge on any atom is 0.111 e. The van der Waals surface area contributed by atoms with Crippen molar-refractivity contribution in [2.75, 3.05) is 20.6 Å². The molecule has 0 fully saturated rings. The quantitative estimate of drug-likeness (QED) is 0.852. The van der Waals surface area contributed by atoms with Crippen LogP contribution in [0.3, 0.4) is 0 Å². The van der Waals surface area contributed by atoms with Crippen LogP contribution >= 0.6 is 11.3 Å². The maximum atomic E-state index is 4.83. The van der Waals surface area contributed by atoms with E-state index >= 15 is 0 Å². The van der Waals surface area contributed by atoms with Crippen LogP contribution in [-0.4, -0.2) is 36.2 Å². The average Bonchev–Trinajstić information content (AvgIpc) is 2.89. The van der Waals surface area contributed by atoms with Gasteiger partial charge in [-0.15, -0.1) is 11.3 Å². The number of nitrogens with zero attached hydrogens (tertiary/aromatic N) is 3. The molecule has 0 spiro atoms. The zero-order chi connectivity index (χ0) is 15.0. The molecular weight excluding hydrogens is 278 g/mol. The number of aliphatic imine (C=N–C) groups is 1. The molecular formula is C17H23N3S. The Kier molecular flexibility index (Phi) is 4.09. The van der Waals surface area contributed by atoms with E-state index in [0.29, 0.717) is 6.04 Å². The highest BCUT2D eigenvalue weighted by Crippen LogP contribution is 2.30. The van der Waals surface area contributed by atoms with Gasteiger partial charge in [0.25, 0.3) is 0 Å². The molecule has 1 aromatic heterocycles. The second kappa shape index (κ2) is 5.85. The van der Waals surface area contributed by atoms with E-state index in [2.05, 4.69) is 51.0 Å². The van der Waals surface area contributed by atoms with Gasteiger partial charge in [-0.1, -0.05) is 13.0 Å². The van der Waals surface area contributed by atoms with E-state index in [1.165, 1.54) is 27.4 Å². The normalized spacial score (nSPS) is 20.8. The molecule has 0 saturated carbocycles. The minimum Gasteiger partial charge on any atom is -0.300 e. The lowest BCUT2D eigenvalue weighted by Crippen LogP contribution is -2.16. The van der Waals surface area contributed by atoms with Crippen LogP contribution in [0.15, 0.2) is 23.2 Å². The number of benzene rings is 1. The molecule has 112 valence electrons. The number of aromatic nitrogens is 1. The summed E-state index contributed by atoms with van der Waals surface area (Å²) in [5, 5.41) is 1.19. The topological polar surface area (TPSA) is 28.5 Å². The van der Waals surface area contributed by atoms with Crippen molar-refractivity contribution >= 4 is 27.3 Å². The van der Waals surface area contributed by atoms with Crippen molar-refractivity contribution in [3.05, 3.63) is 28.8 Å². The largest absolute Gasteiger partial charge is 0.300 e. The van der Waals surface area contributed by atoms with Crippen LogP contribution in [0.4, 0.5) is 0 Å². The van der Waals surface area contributed by atoms with Crippen molar-refractivity contribution in [3.63, 3.8) is 0 Å². The first-order chi connectivity index (χ1) is 10.0. The maximum absolute atomic E-state index is 4.83. The Hall–Kier alpha value is -1.26. The predicted octanol–water partition coefficient (Wildman–Crippen LogP) is 4.14. The fraction of sp³-hybridized carbons (Fsp3) is 0.529. The van der Waals surface area contributed by atoms with E-state index in [4.69, 9.17) is 9.98 Å². The van der Waals surface area contributed by atoms with Crippen LogP contribution < -0.4 is 0 Å². The number of thiazole rings is 1. The second-order valence-corrected chi connectivity index (χ2v) is 7.37.